The quantitative estimate of drug-likeness (QED) is 0.791. The molecule has 2 fully saturated rings. The summed E-state index contributed by atoms with van der Waals surface area (Å²) in [6, 6.07) is 2.53. The summed E-state index contributed by atoms with van der Waals surface area (Å²) in [4.78, 5) is 16.8. The minimum Gasteiger partial charge on any atom is -0.305 e. The lowest BCUT2D eigenvalue weighted by Crippen LogP contribution is -2.40. The molecular weight excluding hydrogens is 395 g/mol. The monoisotopic (exact) mass is 420 g/mol. The summed E-state index contributed by atoms with van der Waals surface area (Å²) in [7, 11) is -3.97. The number of hydrogen-bond acceptors (Lipinski definition) is 4. The molecule has 4 rings (SSSR count). The molecule has 9 heteroatoms. The number of pyridine rings is 1. The molecule has 2 saturated carbocycles. The molecule has 1 aromatic rings. The number of allylic oxidation sites excluding steroid dienone is 1. The normalized spacial score (nSPS) is 26.5. The third-order valence-corrected chi connectivity index (χ3v) is 7.15. The van der Waals surface area contributed by atoms with Gasteiger partial charge in [-0.3, -0.25) is 4.79 Å². The van der Waals surface area contributed by atoms with E-state index in [1.165, 1.54) is 12.1 Å². The number of halogens is 1. The van der Waals surface area contributed by atoms with Crippen molar-refractivity contribution in [2.24, 2.45) is 22.2 Å². The van der Waals surface area contributed by atoms with E-state index in [-0.39, 0.29) is 29.9 Å². The van der Waals surface area contributed by atoms with Gasteiger partial charge in [0.1, 0.15) is 17.3 Å². The van der Waals surface area contributed by atoms with Gasteiger partial charge < -0.3 is 5.32 Å². The highest BCUT2D eigenvalue weighted by molar-refractivity contribution is 7.88. The molecule has 2 heterocycles. The second kappa shape index (κ2) is 7.85. The fourth-order valence-electron chi connectivity index (χ4n) is 3.83. The molecule has 0 atom stereocenters. The predicted molar refractivity (Wildman–Crippen MR) is 108 cm³/mol. The largest absolute Gasteiger partial charge is 0.345 e. The summed E-state index contributed by atoms with van der Waals surface area (Å²) in [5, 5.41) is 2.58. The summed E-state index contributed by atoms with van der Waals surface area (Å²) >= 11 is 0. The predicted octanol–water partition coefficient (Wildman–Crippen LogP) is 3.28. The number of aromatic nitrogens is 1. The second-order valence-corrected chi connectivity index (χ2v) is 9.79. The van der Waals surface area contributed by atoms with Crippen molar-refractivity contribution < 1.29 is 17.6 Å². The summed E-state index contributed by atoms with van der Waals surface area (Å²) in [6.07, 6.45) is 8.26. The SMILES string of the molecule is CC1CCC(C2=NS(=O)(=O)N(CC3CC3)C(C(=O)Nc3ccc(F)cn3)=C2)CC1. The molecule has 1 aromatic heterocycles. The third kappa shape index (κ3) is 4.66. The maximum Gasteiger partial charge on any atom is 0.345 e. The van der Waals surface area contributed by atoms with E-state index in [2.05, 4.69) is 21.6 Å². The molecule has 0 radical (unpaired) electrons. The van der Waals surface area contributed by atoms with Crippen LogP contribution >= 0.6 is 0 Å². The van der Waals surface area contributed by atoms with Gasteiger partial charge >= 0.3 is 10.2 Å². The number of hydrogen-bond donors (Lipinski definition) is 1. The van der Waals surface area contributed by atoms with Gasteiger partial charge in [-0.1, -0.05) is 19.8 Å². The van der Waals surface area contributed by atoms with Gasteiger partial charge in [0, 0.05) is 12.5 Å². The lowest BCUT2D eigenvalue weighted by molar-refractivity contribution is -0.113. The van der Waals surface area contributed by atoms with Crippen molar-refractivity contribution in [3.8, 4) is 0 Å². The van der Waals surface area contributed by atoms with Gasteiger partial charge in [-0.2, -0.15) is 8.42 Å². The van der Waals surface area contributed by atoms with Crippen molar-refractivity contribution in [2.75, 3.05) is 11.9 Å². The minimum absolute atomic E-state index is 0.0378. The average Bonchev–Trinajstić information content (AvgIpc) is 3.49. The van der Waals surface area contributed by atoms with Gasteiger partial charge in [0.2, 0.25) is 0 Å². The van der Waals surface area contributed by atoms with Crippen LogP contribution in [-0.2, 0) is 15.0 Å². The Kier molecular flexibility index (Phi) is 5.42. The van der Waals surface area contributed by atoms with E-state index in [1.807, 2.05) is 0 Å². The molecule has 0 aromatic carbocycles. The first-order chi connectivity index (χ1) is 13.8. The van der Waals surface area contributed by atoms with Crippen molar-refractivity contribution in [1.29, 1.82) is 0 Å². The number of amides is 1. The summed E-state index contributed by atoms with van der Waals surface area (Å²) in [5.74, 6) is -0.0250. The van der Waals surface area contributed by atoms with E-state index >= 15 is 0 Å². The molecule has 1 amide bonds. The number of nitrogens with one attached hydrogen (secondary N) is 1. The zero-order valence-electron chi connectivity index (χ0n) is 16.3. The number of carbonyl (C=O) groups is 1. The van der Waals surface area contributed by atoms with Crippen LogP contribution in [0.2, 0.25) is 0 Å². The van der Waals surface area contributed by atoms with E-state index in [9.17, 15) is 17.6 Å². The Morgan fingerprint density at radius 3 is 2.55 bits per heavy atom. The van der Waals surface area contributed by atoms with Gasteiger partial charge in [-0.15, -0.1) is 4.40 Å². The van der Waals surface area contributed by atoms with Gasteiger partial charge in [0.15, 0.2) is 0 Å². The maximum absolute atomic E-state index is 13.1. The molecule has 1 N–H and O–H groups in total. The molecule has 156 valence electrons. The Morgan fingerprint density at radius 1 is 1.21 bits per heavy atom. The second-order valence-electron chi connectivity index (χ2n) is 8.27. The smallest absolute Gasteiger partial charge is 0.305 e. The first-order valence-electron chi connectivity index (χ1n) is 10.1. The Hall–Kier alpha value is -2.29. The molecule has 3 aliphatic rings. The van der Waals surface area contributed by atoms with Crippen LogP contribution in [-0.4, -0.2) is 35.9 Å². The first-order valence-corrected chi connectivity index (χ1v) is 11.5. The maximum atomic E-state index is 13.1. The van der Waals surface area contributed by atoms with Crippen LogP contribution in [0.3, 0.4) is 0 Å². The third-order valence-electron chi connectivity index (χ3n) is 5.81. The number of carbonyl (C=O) groups excluding carboxylic acids is 1. The van der Waals surface area contributed by atoms with E-state index in [4.69, 9.17) is 0 Å². The van der Waals surface area contributed by atoms with E-state index in [1.54, 1.807) is 6.08 Å². The van der Waals surface area contributed by atoms with Crippen LogP contribution in [0.5, 0.6) is 0 Å². The zero-order valence-corrected chi connectivity index (χ0v) is 17.2. The standard InChI is InChI=1S/C20H25FN4O3S/c1-13-2-6-15(7-3-13)17-10-18(20(26)23-19-9-8-16(21)11-22-19)25(12-14-4-5-14)29(27,28)24-17/h8-11,13-15H,2-7,12H2,1H3,(H,22,23,26). The Balaban J connectivity index is 1.62. The Morgan fingerprint density at radius 2 is 1.93 bits per heavy atom. The number of anilines is 1. The first kappa shape index (κ1) is 20.0. The lowest BCUT2D eigenvalue weighted by atomic mass is 9.80. The van der Waals surface area contributed by atoms with Crippen LogP contribution in [0.15, 0.2) is 34.5 Å². The molecule has 2 aliphatic carbocycles. The molecule has 29 heavy (non-hydrogen) atoms. The molecule has 1 aliphatic heterocycles. The highest BCUT2D eigenvalue weighted by Crippen LogP contribution is 2.36. The number of rotatable bonds is 5. The van der Waals surface area contributed by atoms with Crippen LogP contribution in [0.4, 0.5) is 10.2 Å². The molecule has 0 bridgehead atoms. The Labute approximate surface area is 170 Å². The summed E-state index contributed by atoms with van der Waals surface area (Å²) in [5.41, 5.74) is 0.521. The van der Waals surface area contributed by atoms with Crippen molar-refractivity contribution >= 4 is 27.6 Å². The van der Waals surface area contributed by atoms with E-state index in [0.717, 1.165) is 49.0 Å². The molecule has 0 spiro atoms. The van der Waals surface area contributed by atoms with Crippen molar-refractivity contribution in [2.45, 2.75) is 45.4 Å². The van der Waals surface area contributed by atoms with Crippen molar-refractivity contribution in [1.82, 2.24) is 9.29 Å². The molecule has 0 unspecified atom stereocenters. The van der Waals surface area contributed by atoms with Gasteiger partial charge in [-0.05, 0) is 55.7 Å². The molecular formula is C20H25FN4O3S. The van der Waals surface area contributed by atoms with Crippen molar-refractivity contribution in [3.63, 3.8) is 0 Å². The van der Waals surface area contributed by atoms with Gasteiger partial charge in [0.25, 0.3) is 5.91 Å². The summed E-state index contributed by atoms with van der Waals surface area (Å²) < 4.78 is 44.1. The minimum atomic E-state index is -3.97. The van der Waals surface area contributed by atoms with Crippen molar-refractivity contribution in [3.05, 3.63) is 35.9 Å². The zero-order chi connectivity index (χ0) is 20.6. The van der Waals surface area contributed by atoms with Crippen LogP contribution in [0, 0.1) is 23.6 Å². The highest BCUT2D eigenvalue weighted by Gasteiger charge is 2.38. The van der Waals surface area contributed by atoms with Crippen LogP contribution in [0.1, 0.15) is 45.4 Å². The Bertz CT molecular complexity index is 946. The lowest BCUT2D eigenvalue weighted by Gasteiger charge is -2.31. The van der Waals surface area contributed by atoms with E-state index in [0.29, 0.717) is 11.6 Å². The fraction of sp³-hybridized carbons (Fsp3) is 0.550. The fourth-order valence-corrected chi connectivity index (χ4v) is 5.18. The van der Waals surface area contributed by atoms with E-state index < -0.39 is 21.9 Å². The molecule has 0 saturated heterocycles. The van der Waals surface area contributed by atoms with Gasteiger partial charge in [0.05, 0.1) is 11.9 Å². The van der Waals surface area contributed by atoms with Crippen LogP contribution in [0.25, 0.3) is 0 Å². The summed E-state index contributed by atoms with van der Waals surface area (Å²) in [6.45, 7) is 2.44. The topological polar surface area (TPSA) is 91.7 Å². The van der Waals surface area contributed by atoms with Gasteiger partial charge in [-0.25, -0.2) is 13.7 Å². The average molecular weight is 421 g/mol. The number of nitrogens with zero attached hydrogens (tertiary/aromatic N) is 3. The molecule has 7 nitrogen and oxygen atoms in total. The highest BCUT2D eigenvalue weighted by atomic mass is 32.2. The van der Waals surface area contributed by atoms with Crippen LogP contribution < -0.4 is 5.32 Å².